The summed E-state index contributed by atoms with van der Waals surface area (Å²) in [4.78, 5) is 11.9. The zero-order valence-corrected chi connectivity index (χ0v) is 12.7. The van der Waals surface area contributed by atoms with Gasteiger partial charge in [0.2, 0.25) is 0 Å². The number of carbonyl (C=O) groups excluding carboxylic acids is 1. The molecule has 0 heterocycles. The lowest BCUT2D eigenvalue weighted by Gasteiger charge is -2.41. The molecule has 2 fully saturated rings. The minimum Gasteiger partial charge on any atom is -0.466 e. The van der Waals surface area contributed by atoms with Crippen molar-refractivity contribution in [1.82, 2.24) is 0 Å². The molecule has 19 heavy (non-hydrogen) atoms. The van der Waals surface area contributed by atoms with Gasteiger partial charge in [0.05, 0.1) is 6.61 Å². The van der Waals surface area contributed by atoms with Crippen molar-refractivity contribution in [3.05, 3.63) is 0 Å². The summed E-state index contributed by atoms with van der Waals surface area (Å²) in [6, 6.07) is 0. The highest BCUT2D eigenvalue weighted by atomic mass is 16.5. The van der Waals surface area contributed by atoms with Gasteiger partial charge in [-0.1, -0.05) is 46.0 Å². The van der Waals surface area contributed by atoms with Gasteiger partial charge >= 0.3 is 5.97 Å². The first-order valence-corrected chi connectivity index (χ1v) is 8.32. The molecule has 0 spiro atoms. The molecule has 3 unspecified atom stereocenters. The van der Waals surface area contributed by atoms with E-state index in [0.717, 1.165) is 18.3 Å². The van der Waals surface area contributed by atoms with Crippen molar-refractivity contribution in [3.63, 3.8) is 0 Å². The van der Waals surface area contributed by atoms with E-state index in [4.69, 9.17) is 4.74 Å². The van der Waals surface area contributed by atoms with Crippen LogP contribution in [0.2, 0.25) is 0 Å². The normalized spacial score (nSPS) is 31.0. The Labute approximate surface area is 118 Å². The van der Waals surface area contributed by atoms with Crippen LogP contribution in [0.15, 0.2) is 0 Å². The van der Waals surface area contributed by atoms with Gasteiger partial charge in [-0.15, -0.1) is 0 Å². The number of hydrogen-bond donors (Lipinski definition) is 0. The lowest BCUT2D eigenvalue weighted by molar-refractivity contribution is -0.146. The Morgan fingerprint density at radius 3 is 2.63 bits per heavy atom. The average Bonchev–Trinajstić information content (AvgIpc) is 2.39. The Kier molecular flexibility index (Phi) is 5.72. The molecule has 2 saturated carbocycles. The second kappa shape index (κ2) is 7.31. The smallest absolute Gasteiger partial charge is 0.306 e. The van der Waals surface area contributed by atoms with Crippen molar-refractivity contribution in [1.29, 1.82) is 0 Å². The third-order valence-corrected chi connectivity index (χ3v) is 5.11. The molecule has 0 aliphatic heterocycles. The zero-order chi connectivity index (χ0) is 13.7. The van der Waals surface area contributed by atoms with Gasteiger partial charge in [0.15, 0.2) is 0 Å². The topological polar surface area (TPSA) is 26.3 Å². The molecule has 2 aliphatic rings. The van der Waals surface area contributed by atoms with Crippen molar-refractivity contribution in [3.8, 4) is 0 Å². The van der Waals surface area contributed by atoms with Crippen LogP contribution >= 0.6 is 0 Å². The van der Waals surface area contributed by atoms with Crippen LogP contribution in [0.4, 0.5) is 0 Å². The molecule has 0 aromatic carbocycles. The number of esters is 1. The van der Waals surface area contributed by atoms with Crippen LogP contribution in [0.3, 0.4) is 0 Å². The summed E-state index contributed by atoms with van der Waals surface area (Å²) in [6.07, 6.45) is 11.2. The lowest BCUT2D eigenvalue weighted by Crippen LogP contribution is -2.32. The standard InChI is InChI=1S/C17H30O2/c1-13(2)10-11-19-17(18)12-15-8-5-7-14-6-3-4-9-16(14)15/h13-16H,3-12H2,1-2H3. The van der Waals surface area contributed by atoms with E-state index in [1.165, 1.54) is 44.9 Å². The van der Waals surface area contributed by atoms with E-state index < -0.39 is 0 Å². The molecule has 2 heteroatoms. The molecule has 0 N–H and O–H groups in total. The maximum atomic E-state index is 11.9. The minimum atomic E-state index is 0.0527. The van der Waals surface area contributed by atoms with Gasteiger partial charge < -0.3 is 4.74 Å². The van der Waals surface area contributed by atoms with Crippen LogP contribution in [-0.2, 0) is 9.53 Å². The van der Waals surface area contributed by atoms with E-state index >= 15 is 0 Å². The summed E-state index contributed by atoms with van der Waals surface area (Å²) in [5.74, 6) is 3.02. The number of carbonyl (C=O) groups is 1. The van der Waals surface area contributed by atoms with Gasteiger partial charge in [0.25, 0.3) is 0 Å². The molecule has 2 aliphatic carbocycles. The van der Waals surface area contributed by atoms with Crippen molar-refractivity contribution >= 4 is 5.97 Å². The number of rotatable bonds is 5. The number of ether oxygens (including phenoxy) is 1. The molecule has 3 atom stereocenters. The van der Waals surface area contributed by atoms with Gasteiger partial charge in [-0.05, 0) is 42.9 Å². The van der Waals surface area contributed by atoms with E-state index in [-0.39, 0.29) is 5.97 Å². The van der Waals surface area contributed by atoms with E-state index in [1.807, 2.05) is 0 Å². The Balaban J connectivity index is 1.75. The molecular weight excluding hydrogens is 236 g/mol. The summed E-state index contributed by atoms with van der Waals surface area (Å²) in [5, 5.41) is 0. The van der Waals surface area contributed by atoms with E-state index in [1.54, 1.807) is 0 Å². The molecule has 0 bridgehead atoms. The third-order valence-electron chi connectivity index (χ3n) is 5.11. The fourth-order valence-electron chi connectivity index (χ4n) is 4.01. The monoisotopic (exact) mass is 266 g/mol. The van der Waals surface area contributed by atoms with Gasteiger partial charge in [0, 0.05) is 6.42 Å². The van der Waals surface area contributed by atoms with Crippen LogP contribution in [-0.4, -0.2) is 12.6 Å². The summed E-state index contributed by atoms with van der Waals surface area (Å²) in [6.45, 7) is 4.94. The van der Waals surface area contributed by atoms with Gasteiger partial charge in [0.1, 0.15) is 0 Å². The molecule has 0 saturated heterocycles. The first-order chi connectivity index (χ1) is 9.16. The van der Waals surface area contributed by atoms with Crippen molar-refractivity contribution < 1.29 is 9.53 Å². The fourth-order valence-corrected chi connectivity index (χ4v) is 4.01. The average molecular weight is 266 g/mol. The Bertz CT molecular complexity index is 283. The highest BCUT2D eigenvalue weighted by Crippen LogP contribution is 2.45. The molecule has 0 aromatic heterocycles. The predicted molar refractivity (Wildman–Crippen MR) is 77.8 cm³/mol. The second-order valence-corrected chi connectivity index (χ2v) is 7.01. The summed E-state index contributed by atoms with van der Waals surface area (Å²) in [7, 11) is 0. The van der Waals surface area contributed by atoms with E-state index in [0.29, 0.717) is 24.9 Å². The Morgan fingerprint density at radius 1 is 1.11 bits per heavy atom. The minimum absolute atomic E-state index is 0.0527. The Morgan fingerprint density at radius 2 is 1.84 bits per heavy atom. The summed E-state index contributed by atoms with van der Waals surface area (Å²) >= 11 is 0. The SMILES string of the molecule is CC(C)CCOC(=O)CC1CCCC2CCCCC21. The van der Waals surface area contributed by atoms with Crippen LogP contribution in [0.1, 0.15) is 71.6 Å². The van der Waals surface area contributed by atoms with Gasteiger partial charge in [-0.3, -0.25) is 4.79 Å². The maximum absolute atomic E-state index is 11.9. The fraction of sp³-hybridized carbons (Fsp3) is 0.941. The number of hydrogen-bond acceptors (Lipinski definition) is 2. The second-order valence-electron chi connectivity index (χ2n) is 7.01. The third kappa shape index (κ3) is 4.50. The highest BCUT2D eigenvalue weighted by molar-refractivity contribution is 5.69. The van der Waals surface area contributed by atoms with E-state index in [2.05, 4.69) is 13.8 Å². The molecular formula is C17H30O2. The molecule has 2 nitrogen and oxygen atoms in total. The van der Waals surface area contributed by atoms with Gasteiger partial charge in [-0.2, -0.15) is 0 Å². The van der Waals surface area contributed by atoms with Crippen LogP contribution in [0.25, 0.3) is 0 Å². The first kappa shape index (κ1) is 14.9. The molecule has 0 radical (unpaired) electrons. The van der Waals surface area contributed by atoms with Crippen molar-refractivity contribution in [2.45, 2.75) is 71.6 Å². The lowest BCUT2D eigenvalue weighted by atomic mass is 9.65. The zero-order valence-electron chi connectivity index (χ0n) is 12.7. The van der Waals surface area contributed by atoms with Crippen molar-refractivity contribution in [2.24, 2.45) is 23.7 Å². The molecule has 110 valence electrons. The van der Waals surface area contributed by atoms with E-state index in [9.17, 15) is 4.79 Å². The molecule has 0 aromatic rings. The maximum Gasteiger partial charge on any atom is 0.306 e. The summed E-state index contributed by atoms with van der Waals surface area (Å²) < 4.78 is 5.40. The Hall–Kier alpha value is -0.530. The van der Waals surface area contributed by atoms with Crippen LogP contribution in [0, 0.1) is 23.7 Å². The quantitative estimate of drug-likeness (QED) is 0.681. The predicted octanol–water partition coefficient (Wildman–Crippen LogP) is 4.57. The highest BCUT2D eigenvalue weighted by Gasteiger charge is 2.35. The van der Waals surface area contributed by atoms with Crippen LogP contribution < -0.4 is 0 Å². The summed E-state index contributed by atoms with van der Waals surface area (Å²) in [5.41, 5.74) is 0. The number of fused-ring (bicyclic) bond motifs is 1. The largest absolute Gasteiger partial charge is 0.466 e. The van der Waals surface area contributed by atoms with Crippen LogP contribution in [0.5, 0.6) is 0 Å². The van der Waals surface area contributed by atoms with Gasteiger partial charge in [-0.25, -0.2) is 0 Å². The molecule has 2 rings (SSSR count). The first-order valence-electron chi connectivity index (χ1n) is 8.32. The van der Waals surface area contributed by atoms with Crippen molar-refractivity contribution in [2.75, 3.05) is 6.61 Å². The molecule has 0 amide bonds.